The van der Waals surface area contributed by atoms with Gasteiger partial charge in [-0.3, -0.25) is 4.79 Å². The van der Waals surface area contributed by atoms with Crippen molar-refractivity contribution in [2.45, 2.75) is 37.3 Å². The average molecular weight is 354 g/mol. The third-order valence-electron chi connectivity index (χ3n) is 3.75. The molecular formula is C20H22N2O2S. The molecule has 2 aromatic carbocycles. The summed E-state index contributed by atoms with van der Waals surface area (Å²) >= 11 is 1.83. The number of para-hydroxylation sites is 1. The molecule has 130 valence electrons. The molecule has 0 aliphatic rings. The number of anilines is 1. The summed E-state index contributed by atoms with van der Waals surface area (Å²) in [5.41, 5.74) is 2.20. The fraction of sp³-hybridized carbons (Fsp3) is 0.300. The van der Waals surface area contributed by atoms with Crippen molar-refractivity contribution >= 4 is 23.4 Å². The molecule has 0 aliphatic carbocycles. The minimum atomic E-state index is -0.252. The molecule has 4 nitrogen and oxygen atoms in total. The predicted octanol–water partition coefficient (Wildman–Crippen LogP) is 4.77. The van der Waals surface area contributed by atoms with Crippen molar-refractivity contribution in [3.05, 3.63) is 53.6 Å². The lowest BCUT2D eigenvalue weighted by Crippen LogP contribution is -2.20. The van der Waals surface area contributed by atoms with Crippen LogP contribution in [-0.2, 0) is 4.79 Å². The third kappa shape index (κ3) is 5.54. The zero-order chi connectivity index (χ0) is 18.2. The fourth-order valence-corrected chi connectivity index (χ4v) is 3.20. The first-order valence-corrected chi connectivity index (χ1v) is 9.10. The van der Waals surface area contributed by atoms with Crippen LogP contribution in [0.4, 0.5) is 5.69 Å². The van der Waals surface area contributed by atoms with Crippen molar-refractivity contribution in [2.24, 2.45) is 0 Å². The van der Waals surface area contributed by atoms with Crippen LogP contribution in [0.2, 0.25) is 0 Å². The molecule has 2 aromatic rings. The molecule has 0 radical (unpaired) electrons. The average Bonchev–Trinajstić information content (AvgIpc) is 2.62. The van der Waals surface area contributed by atoms with Crippen LogP contribution in [0.5, 0.6) is 5.75 Å². The number of aryl methyl sites for hydroxylation is 1. The summed E-state index contributed by atoms with van der Waals surface area (Å²) in [4.78, 5) is 13.3. The predicted molar refractivity (Wildman–Crippen MR) is 102 cm³/mol. The smallest absolute Gasteiger partial charge is 0.262 e. The second-order valence-electron chi connectivity index (χ2n) is 5.76. The normalized spacial score (nSPS) is 11.4. The van der Waals surface area contributed by atoms with Gasteiger partial charge in [-0.15, -0.1) is 11.8 Å². The summed E-state index contributed by atoms with van der Waals surface area (Å²) in [5, 5.41) is 12.4. The number of ether oxygens (including phenoxy) is 1. The number of benzene rings is 2. The van der Waals surface area contributed by atoms with Gasteiger partial charge in [0.1, 0.15) is 11.8 Å². The molecule has 1 unspecified atom stereocenters. The van der Waals surface area contributed by atoms with Crippen molar-refractivity contribution in [1.82, 2.24) is 0 Å². The number of hydrogen-bond donors (Lipinski definition) is 1. The molecule has 1 amide bonds. The highest BCUT2D eigenvalue weighted by molar-refractivity contribution is 7.99. The van der Waals surface area contributed by atoms with Gasteiger partial charge in [-0.2, -0.15) is 5.26 Å². The summed E-state index contributed by atoms with van der Waals surface area (Å²) < 4.78 is 5.45. The number of carbonyl (C=O) groups is 1. The van der Waals surface area contributed by atoms with Gasteiger partial charge in [0.2, 0.25) is 0 Å². The second-order valence-corrected chi connectivity index (χ2v) is 7.27. The molecule has 1 N–H and O–H groups in total. The molecule has 0 fully saturated rings. The monoisotopic (exact) mass is 354 g/mol. The summed E-state index contributed by atoms with van der Waals surface area (Å²) in [5.74, 6) is 0.162. The number of amides is 1. The van der Waals surface area contributed by atoms with E-state index in [1.54, 1.807) is 24.3 Å². The number of nitrogens with one attached hydrogen (secondary N) is 1. The van der Waals surface area contributed by atoms with Gasteiger partial charge in [-0.1, -0.05) is 26.0 Å². The lowest BCUT2D eigenvalue weighted by Gasteiger charge is -2.13. The highest BCUT2D eigenvalue weighted by Gasteiger charge is 2.09. The number of nitrogens with zero attached hydrogens (tertiary/aromatic N) is 1. The van der Waals surface area contributed by atoms with Crippen LogP contribution >= 0.6 is 11.8 Å². The van der Waals surface area contributed by atoms with Crippen LogP contribution in [0.25, 0.3) is 0 Å². The molecule has 0 saturated carbocycles. The quantitative estimate of drug-likeness (QED) is 0.727. The summed E-state index contributed by atoms with van der Waals surface area (Å²) in [7, 11) is 0. The first-order chi connectivity index (χ1) is 12.0. The van der Waals surface area contributed by atoms with Gasteiger partial charge in [-0.05, 0) is 49.2 Å². The Morgan fingerprint density at radius 1 is 1.32 bits per heavy atom. The molecule has 0 aromatic heterocycles. The number of nitriles is 1. The van der Waals surface area contributed by atoms with Crippen LogP contribution in [0.3, 0.4) is 0 Å². The number of hydrogen-bond acceptors (Lipinski definition) is 4. The van der Waals surface area contributed by atoms with Gasteiger partial charge in [0.15, 0.2) is 6.61 Å². The molecule has 0 bridgehead atoms. The van der Waals surface area contributed by atoms with Gasteiger partial charge in [0, 0.05) is 15.8 Å². The Labute approximate surface area is 153 Å². The highest BCUT2D eigenvalue weighted by atomic mass is 32.2. The van der Waals surface area contributed by atoms with E-state index in [0.29, 0.717) is 16.6 Å². The van der Waals surface area contributed by atoms with E-state index in [1.165, 1.54) is 4.90 Å². The number of rotatable bonds is 7. The van der Waals surface area contributed by atoms with Gasteiger partial charge >= 0.3 is 0 Å². The SMILES string of the molecule is CCC(C)Sc1ccc(NC(=O)COc2ccccc2C#N)c(C)c1. The molecule has 0 spiro atoms. The van der Waals surface area contributed by atoms with E-state index in [1.807, 2.05) is 36.9 Å². The highest BCUT2D eigenvalue weighted by Crippen LogP contribution is 2.28. The van der Waals surface area contributed by atoms with Crippen LogP contribution in [-0.4, -0.2) is 17.8 Å². The van der Waals surface area contributed by atoms with Gasteiger partial charge in [0.05, 0.1) is 5.56 Å². The fourth-order valence-electron chi connectivity index (χ4n) is 2.18. The number of carbonyl (C=O) groups excluding carboxylic acids is 1. The van der Waals surface area contributed by atoms with E-state index in [2.05, 4.69) is 25.2 Å². The van der Waals surface area contributed by atoms with Crippen molar-refractivity contribution in [3.8, 4) is 11.8 Å². The lowest BCUT2D eigenvalue weighted by atomic mass is 10.2. The second kappa shape index (κ2) is 9.14. The summed E-state index contributed by atoms with van der Waals surface area (Å²) in [6.45, 7) is 6.21. The van der Waals surface area contributed by atoms with E-state index < -0.39 is 0 Å². The Balaban J connectivity index is 1.95. The van der Waals surface area contributed by atoms with Crippen molar-refractivity contribution in [2.75, 3.05) is 11.9 Å². The van der Waals surface area contributed by atoms with E-state index >= 15 is 0 Å². The Kier molecular flexibility index (Phi) is 6.91. The molecule has 0 saturated heterocycles. The van der Waals surface area contributed by atoms with E-state index in [9.17, 15) is 4.79 Å². The van der Waals surface area contributed by atoms with Crippen LogP contribution in [0, 0.1) is 18.3 Å². The Bertz CT molecular complexity index is 784. The van der Waals surface area contributed by atoms with Crippen molar-refractivity contribution < 1.29 is 9.53 Å². The lowest BCUT2D eigenvalue weighted by molar-refractivity contribution is -0.118. The molecule has 25 heavy (non-hydrogen) atoms. The number of thioether (sulfide) groups is 1. The van der Waals surface area contributed by atoms with E-state index in [-0.39, 0.29) is 12.5 Å². The minimum Gasteiger partial charge on any atom is -0.482 e. The topological polar surface area (TPSA) is 62.1 Å². The summed E-state index contributed by atoms with van der Waals surface area (Å²) in [6, 6.07) is 14.9. The van der Waals surface area contributed by atoms with E-state index in [4.69, 9.17) is 10.00 Å². The molecule has 2 rings (SSSR count). The van der Waals surface area contributed by atoms with Crippen molar-refractivity contribution in [3.63, 3.8) is 0 Å². The maximum absolute atomic E-state index is 12.1. The first kappa shape index (κ1) is 18.9. The maximum atomic E-state index is 12.1. The molecule has 0 aliphatic heterocycles. The Morgan fingerprint density at radius 2 is 2.08 bits per heavy atom. The van der Waals surface area contributed by atoms with Gasteiger partial charge < -0.3 is 10.1 Å². The zero-order valence-corrected chi connectivity index (χ0v) is 15.5. The molecule has 5 heteroatoms. The molecule has 0 heterocycles. The van der Waals surface area contributed by atoms with Crippen molar-refractivity contribution in [1.29, 1.82) is 5.26 Å². The van der Waals surface area contributed by atoms with Gasteiger partial charge in [0.25, 0.3) is 5.91 Å². The van der Waals surface area contributed by atoms with Crippen LogP contribution in [0.1, 0.15) is 31.4 Å². The largest absolute Gasteiger partial charge is 0.482 e. The molecule has 1 atom stereocenters. The van der Waals surface area contributed by atoms with E-state index in [0.717, 1.165) is 17.7 Å². The third-order valence-corrected chi connectivity index (χ3v) is 5.01. The molecular weight excluding hydrogens is 332 g/mol. The van der Waals surface area contributed by atoms with Crippen LogP contribution in [0.15, 0.2) is 47.4 Å². The maximum Gasteiger partial charge on any atom is 0.262 e. The van der Waals surface area contributed by atoms with Gasteiger partial charge in [-0.25, -0.2) is 0 Å². The Morgan fingerprint density at radius 3 is 2.76 bits per heavy atom. The minimum absolute atomic E-state index is 0.137. The van der Waals surface area contributed by atoms with Crippen LogP contribution < -0.4 is 10.1 Å². The zero-order valence-electron chi connectivity index (χ0n) is 14.7. The standard InChI is InChI=1S/C20H22N2O2S/c1-4-15(3)25-17-9-10-18(14(2)11-17)22-20(23)13-24-19-8-6-5-7-16(19)12-21/h5-11,15H,4,13H2,1-3H3,(H,22,23). The first-order valence-electron chi connectivity index (χ1n) is 8.22. The Hall–Kier alpha value is -2.45. The summed E-state index contributed by atoms with van der Waals surface area (Å²) in [6.07, 6.45) is 1.11.